The second-order valence-corrected chi connectivity index (χ2v) is 4.94. The number of rotatable bonds is 4. The predicted molar refractivity (Wildman–Crippen MR) is 75.2 cm³/mol. The van der Waals surface area contributed by atoms with E-state index in [9.17, 15) is 4.79 Å². The van der Waals surface area contributed by atoms with Crippen molar-refractivity contribution < 1.29 is 4.79 Å². The lowest BCUT2D eigenvalue weighted by atomic mass is 9.97. The Morgan fingerprint density at radius 1 is 1.44 bits per heavy atom. The van der Waals surface area contributed by atoms with E-state index in [-0.39, 0.29) is 5.91 Å². The summed E-state index contributed by atoms with van der Waals surface area (Å²) in [6.07, 6.45) is 1.05. The Kier molecular flexibility index (Phi) is 4.10. The molecule has 0 aliphatic rings. The zero-order chi connectivity index (χ0) is 13.0. The van der Waals surface area contributed by atoms with Gasteiger partial charge in [-0.05, 0) is 24.0 Å². The molecule has 2 rings (SSSR count). The second-order valence-electron chi connectivity index (χ2n) is 4.22. The summed E-state index contributed by atoms with van der Waals surface area (Å²) in [7, 11) is 0. The number of hydrogen-bond acceptors (Lipinski definition) is 3. The highest BCUT2D eigenvalue weighted by atomic mass is 32.1. The molecule has 3 nitrogen and oxygen atoms in total. The third kappa shape index (κ3) is 2.76. The van der Waals surface area contributed by atoms with Gasteiger partial charge in [0.25, 0.3) is 5.91 Å². The van der Waals surface area contributed by atoms with Crippen molar-refractivity contribution in [3.05, 3.63) is 46.4 Å². The number of anilines is 1. The Labute approximate surface area is 111 Å². The van der Waals surface area contributed by atoms with Crippen LogP contribution in [0.2, 0.25) is 0 Å². The lowest BCUT2D eigenvalue weighted by molar-refractivity contribution is 0.102. The first kappa shape index (κ1) is 12.8. The third-order valence-electron chi connectivity index (χ3n) is 3.02. The Balaban J connectivity index is 2.21. The molecule has 0 aliphatic carbocycles. The molecule has 0 saturated carbocycles. The average molecular weight is 260 g/mol. The van der Waals surface area contributed by atoms with E-state index in [0.29, 0.717) is 11.6 Å². The minimum absolute atomic E-state index is 0.146. The summed E-state index contributed by atoms with van der Waals surface area (Å²) < 4.78 is 0. The van der Waals surface area contributed by atoms with Crippen LogP contribution in [0.25, 0.3) is 0 Å². The maximum absolute atomic E-state index is 12.0. The van der Waals surface area contributed by atoms with Crippen LogP contribution in [0.1, 0.15) is 42.2 Å². The SMILES string of the molecule is CCC(C)c1ccccc1NC(=O)c1cscn1. The summed E-state index contributed by atoms with van der Waals surface area (Å²) in [6.45, 7) is 4.30. The summed E-state index contributed by atoms with van der Waals surface area (Å²) >= 11 is 1.42. The van der Waals surface area contributed by atoms with Crippen molar-refractivity contribution in [3.8, 4) is 0 Å². The van der Waals surface area contributed by atoms with Gasteiger partial charge < -0.3 is 5.32 Å². The van der Waals surface area contributed by atoms with Crippen LogP contribution in [0.15, 0.2) is 35.2 Å². The Morgan fingerprint density at radius 3 is 2.89 bits per heavy atom. The number of thiazole rings is 1. The Bertz CT molecular complexity index is 522. The van der Waals surface area contributed by atoms with Gasteiger partial charge in [0, 0.05) is 11.1 Å². The summed E-state index contributed by atoms with van der Waals surface area (Å²) in [4.78, 5) is 16.0. The van der Waals surface area contributed by atoms with Crippen LogP contribution in [0.5, 0.6) is 0 Å². The first-order chi connectivity index (χ1) is 8.72. The molecular weight excluding hydrogens is 244 g/mol. The molecule has 1 amide bonds. The molecule has 94 valence electrons. The van der Waals surface area contributed by atoms with Gasteiger partial charge in [-0.25, -0.2) is 4.98 Å². The number of carbonyl (C=O) groups is 1. The first-order valence-electron chi connectivity index (χ1n) is 6.00. The summed E-state index contributed by atoms with van der Waals surface area (Å²) in [6, 6.07) is 7.93. The number of nitrogens with one attached hydrogen (secondary N) is 1. The topological polar surface area (TPSA) is 42.0 Å². The monoisotopic (exact) mass is 260 g/mol. The predicted octanol–water partition coefficient (Wildman–Crippen LogP) is 3.91. The first-order valence-corrected chi connectivity index (χ1v) is 6.95. The molecule has 0 saturated heterocycles. The molecule has 1 aromatic carbocycles. The van der Waals surface area contributed by atoms with Crippen molar-refractivity contribution in [3.63, 3.8) is 0 Å². The number of nitrogens with zero attached hydrogens (tertiary/aromatic N) is 1. The van der Waals surface area contributed by atoms with Gasteiger partial charge in [0.2, 0.25) is 0 Å². The number of aromatic nitrogens is 1. The summed E-state index contributed by atoms with van der Waals surface area (Å²) in [5, 5.41) is 4.68. The van der Waals surface area contributed by atoms with Gasteiger partial charge in [0.1, 0.15) is 5.69 Å². The molecule has 1 atom stereocenters. The van der Waals surface area contributed by atoms with Crippen molar-refractivity contribution in [1.29, 1.82) is 0 Å². The van der Waals surface area contributed by atoms with Crippen molar-refractivity contribution in [2.45, 2.75) is 26.2 Å². The van der Waals surface area contributed by atoms with Gasteiger partial charge in [0.15, 0.2) is 0 Å². The fraction of sp³-hybridized carbons (Fsp3) is 0.286. The van der Waals surface area contributed by atoms with Crippen LogP contribution >= 0.6 is 11.3 Å². The van der Waals surface area contributed by atoms with E-state index in [0.717, 1.165) is 12.1 Å². The lowest BCUT2D eigenvalue weighted by Crippen LogP contribution is -2.14. The van der Waals surface area contributed by atoms with E-state index < -0.39 is 0 Å². The van der Waals surface area contributed by atoms with Gasteiger partial charge in [-0.3, -0.25) is 4.79 Å². The largest absolute Gasteiger partial charge is 0.320 e. The molecule has 1 N–H and O–H groups in total. The smallest absolute Gasteiger partial charge is 0.275 e. The minimum Gasteiger partial charge on any atom is -0.320 e. The maximum atomic E-state index is 12.0. The van der Waals surface area contributed by atoms with Crippen LogP contribution in [0.3, 0.4) is 0 Å². The molecule has 4 heteroatoms. The average Bonchev–Trinajstić information content (AvgIpc) is 2.92. The van der Waals surface area contributed by atoms with Crippen LogP contribution in [-0.4, -0.2) is 10.9 Å². The zero-order valence-electron chi connectivity index (χ0n) is 10.5. The number of para-hydroxylation sites is 1. The van der Waals surface area contributed by atoms with Gasteiger partial charge in [0.05, 0.1) is 5.51 Å². The molecule has 1 aromatic heterocycles. The standard InChI is InChI=1S/C14H16N2OS/c1-3-10(2)11-6-4-5-7-12(11)16-14(17)13-8-18-9-15-13/h4-10H,3H2,1-2H3,(H,16,17). The van der Waals surface area contributed by atoms with Gasteiger partial charge >= 0.3 is 0 Å². The van der Waals surface area contributed by atoms with E-state index in [1.807, 2.05) is 18.2 Å². The van der Waals surface area contributed by atoms with Crippen LogP contribution in [-0.2, 0) is 0 Å². The number of hydrogen-bond donors (Lipinski definition) is 1. The highest BCUT2D eigenvalue weighted by molar-refractivity contribution is 7.07. The van der Waals surface area contributed by atoms with E-state index in [1.54, 1.807) is 10.9 Å². The van der Waals surface area contributed by atoms with E-state index in [4.69, 9.17) is 0 Å². The molecular formula is C14H16N2OS. The van der Waals surface area contributed by atoms with Gasteiger partial charge in [-0.1, -0.05) is 32.0 Å². The van der Waals surface area contributed by atoms with Crippen LogP contribution in [0.4, 0.5) is 5.69 Å². The van der Waals surface area contributed by atoms with Gasteiger partial charge in [-0.15, -0.1) is 11.3 Å². The normalized spacial score (nSPS) is 12.1. The zero-order valence-corrected chi connectivity index (χ0v) is 11.3. The molecule has 0 bridgehead atoms. The second kappa shape index (κ2) is 5.78. The number of benzene rings is 1. The van der Waals surface area contributed by atoms with Crippen molar-refractivity contribution in [2.24, 2.45) is 0 Å². The molecule has 0 fully saturated rings. The van der Waals surface area contributed by atoms with Crippen molar-refractivity contribution >= 4 is 22.9 Å². The molecule has 2 aromatic rings. The molecule has 18 heavy (non-hydrogen) atoms. The lowest BCUT2D eigenvalue weighted by Gasteiger charge is -2.15. The minimum atomic E-state index is -0.146. The Morgan fingerprint density at radius 2 is 2.22 bits per heavy atom. The maximum Gasteiger partial charge on any atom is 0.275 e. The van der Waals surface area contributed by atoms with E-state index >= 15 is 0 Å². The summed E-state index contributed by atoms with van der Waals surface area (Å²) in [5.74, 6) is 0.281. The quantitative estimate of drug-likeness (QED) is 0.905. The summed E-state index contributed by atoms with van der Waals surface area (Å²) in [5.41, 5.74) is 4.18. The fourth-order valence-electron chi connectivity index (χ4n) is 1.77. The van der Waals surface area contributed by atoms with Crippen LogP contribution < -0.4 is 5.32 Å². The third-order valence-corrected chi connectivity index (χ3v) is 3.60. The van der Waals surface area contributed by atoms with Crippen molar-refractivity contribution in [2.75, 3.05) is 5.32 Å². The van der Waals surface area contributed by atoms with Crippen molar-refractivity contribution in [1.82, 2.24) is 4.98 Å². The van der Waals surface area contributed by atoms with E-state index in [1.165, 1.54) is 16.9 Å². The highest BCUT2D eigenvalue weighted by Crippen LogP contribution is 2.26. The molecule has 0 spiro atoms. The molecule has 0 radical (unpaired) electrons. The fourth-order valence-corrected chi connectivity index (χ4v) is 2.30. The number of amides is 1. The molecule has 1 unspecified atom stereocenters. The number of carbonyl (C=O) groups excluding carboxylic acids is 1. The van der Waals surface area contributed by atoms with Gasteiger partial charge in [-0.2, -0.15) is 0 Å². The van der Waals surface area contributed by atoms with Crippen LogP contribution in [0, 0.1) is 0 Å². The molecule has 1 heterocycles. The van der Waals surface area contributed by atoms with E-state index in [2.05, 4.69) is 30.2 Å². The Hall–Kier alpha value is -1.68. The highest BCUT2D eigenvalue weighted by Gasteiger charge is 2.13. The molecule has 0 aliphatic heterocycles.